The van der Waals surface area contributed by atoms with E-state index in [-0.39, 0.29) is 30.6 Å². The summed E-state index contributed by atoms with van der Waals surface area (Å²) in [6, 6.07) is -0.895. The number of unbranched alkanes of at least 4 members (excludes halogenated alkanes) is 1. The molecule has 19 heavy (non-hydrogen) atoms. The summed E-state index contributed by atoms with van der Waals surface area (Å²) < 4.78 is 0. The van der Waals surface area contributed by atoms with Crippen LogP contribution in [0.5, 0.6) is 0 Å². The lowest BCUT2D eigenvalue weighted by atomic mass is 10.1. The number of carbonyl (C=O) groups is 4. The number of nitrogens with zero attached hydrogens (tertiary/aromatic N) is 1. The third-order valence-electron chi connectivity index (χ3n) is 2.91. The molecule has 0 aromatic rings. The van der Waals surface area contributed by atoms with E-state index in [1.165, 1.54) is 11.8 Å². The molecule has 7 nitrogen and oxygen atoms in total. The van der Waals surface area contributed by atoms with Crippen molar-refractivity contribution in [3.8, 4) is 0 Å². The Labute approximate surface area is 110 Å². The van der Waals surface area contributed by atoms with Gasteiger partial charge in [0.2, 0.25) is 11.8 Å². The van der Waals surface area contributed by atoms with E-state index in [9.17, 15) is 19.2 Å². The normalized spacial score (nSPS) is 16.6. The molecule has 0 unspecified atom stereocenters. The molecule has 0 saturated carbocycles. The molecular formula is C12H18N2O5. The molecule has 1 saturated heterocycles. The van der Waals surface area contributed by atoms with E-state index in [4.69, 9.17) is 5.11 Å². The van der Waals surface area contributed by atoms with Gasteiger partial charge in [-0.3, -0.25) is 14.4 Å². The fraction of sp³-hybridized carbons (Fsp3) is 0.667. The van der Waals surface area contributed by atoms with Crippen molar-refractivity contribution in [2.75, 3.05) is 13.1 Å². The summed E-state index contributed by atoms with van der Waals surface area (Å²) in [5, 5.41) is 11.2. The van der Waals surface area contributed by atoms with Crippen LogP contribution >= 0.6 is 0 Å². The molecule has 1 aliphatic rings. The number of amides is 2. The topological polar surface area (TPSA) is 104 Å². The summed E-state index contributed by atoms with van der Waals surface area (Å²) >= 11 is 0. The molecule has 1 atom stereocenters. The van der Waals surface area contributed by atoms with Crippen molar-refractivity contribution < 1.29 is 24.3 Å². The standard InChI is InChI=1S/C12H18N2O5/c1-8(15)13-10(12(18)19)4-2-3-5-14-7-9(16)6-11(14)17/h10H,2-7H2,1H3,(H,13,15)(H,18,19)/t10-/m0/s1. The Morgan fingerprint density at radius 3 is 2.53 bits per heavy atom. The molecule has 1 aliphatic heterocycles. The van der Waals surface area contributed by atoms with Crippen molar-refractivity contribution in [1.82, 2.24) is 10.2 Å². The number of hydrogen-bond donors (Lipinski definition) is 2. The number of Topliss-reactive ketones (excluding diaryl/α,β-unsaturated/α-hetero) is 1. The van der Waals surface area contributed by atoms with Crippen molar-refractivity contribution in [3.05, 3.63) is 0 Å². The molecule has 0 aromatic carbocycles. The number of likely N-dealkylation sites (tertiary alicyclic amines) is 1. The Bertz CT molecular complexity index is 394. The van der Waals surface area contributed by atoms with Crippen LogP contribution in [0.15, 0.2) is 0 Å². The highest BCUT2D eigenvalue weighted by molar-refractivity contribution is 6.05. The highest BCUT2D eigenvalue weighted by Gasteiger charge is 2.26. The second-order valence-corrected chi connectivity index (χ2v) is 4.62. The second-order valence-electron chi connectivity index (χ2n) is 4.62. The maximum Gasteiger partial charge on any atom is 0.326 e. The molecule has 106 valence electrons. The van der Waals surface area contributed by atoms with E-state index in [1.807, 2.05) is 0 Å². The molecule has 1 fully saturated rings. The van der Waals surface area contributed by atoms with E-state index in [2.05, 4.69) is 5.32 Å². The minimum absolute atomic E-state index is 0.0242. The number of carboxylic acids is 1. The number of aliphatic carboxylic acids is 1. The lowest BCUT2D eigenvalue weighted by Crippen LogP contribution is -2.39. The first-order valence-corrected chi connectivity index (χ1v) is 6.19. The number of carbonyl (C=O) groups excluding carboxylic acids is 3. The quantitative estimate of drug-likeness (QED) is 0.481. The zero-order chi connectivity index (χ0) is 14.4. The first-order chi connectivity index (χ1) is 8.90. The lowest BCUT2D eigenvalue weighted by Gasteiger charge is -2.16. The number of hydrogen-bond acceptors (Lipinski definition) is 4. The highest BCUT2D eigenvalue weighted by Crippen LogP contribution is 2.09. The van der Waals surface area contributed by atoms with Gasteiger partial charge in [-0.05, 0) is 19.3 Å². The molecule has 2 N–H and O–H groups in total. The Morgan fingerprint density at radius 2 is 2.05 bits per heavy atom. The van der Waals surface area contributed by atoms with Crippen LogP contribution in [0.4, 0.5) is 0 Å². The zero-order valence-corrected chi connectivity index (χ0v) is 10.8. The molecule has 0 aromatic heterocycles. The van der Waals surface area contributed by atoms with E-state index < -0.39 is 12.0 Å². The Morgan fingerprint density at radius 1 is 1.37 bits per heavy atom. The van der Waals surface area contributed by atoms with E-state index >= 15 is 0 Å². The molecule has 7 heteroatoms. The van der Waals surface area contributed by atoms with Gasteiger partial charge in [0.15, 0.2) is 5.78 Å². The molecule has 0 bridgehead atoms. The van der Waals surface area contributed by atoms with Crippen LogP contribution in [0, 0.1) is 0 Å². The van der Waals surface area contributed by atoms with Crippen LogP contribution in [0.25, 0.3) is 0 Å². The number of carboxylic acid groups (broad SMARTS) is 1. The highest BCUT2D eigenvalue weighted by atomic mass is 16.4. The summed E-state index contributed by atoms with van der Waals surface area (Å²) in [5.41, 5.74) is 0. The van der Waals surface area contributed by atoms with Gasteiger partial charge in [-0.25, -0.2) is 4.79 Å². The number of ketones is 1. The molecule has 2 amide bonds. The zero-order valence-electron chi connectivity index (χ0n) is 10.8. The van der Waals surface area contributed by atoms with Gasteiger partial charge in [0.25, 0.3) is 0 Å². The van der Waals surface area contributed by atoms with Gasteiger partial charge in [0.1, 0.15) is 6.04 Å². The molecule has 0 aliphatic carbocycles. The van der Waals surface area contributed by atoms with Gasteiger partial charge in [0, 0.05) is 13.5 Å². The molecular weight excluding hydrogens is 252 g/mol. The van der Waals surface area contributed by atoms with Crippen molar-refractivity contribution in [2.24, 2.45) is 0 Å². The largest absolute Gasteiger partial charge is 0.480 e. The monoisotopic (exact) mass is 270 g/mol. The Hall–Kier alpha value is -1.92. The average Bonchev–Trinajstić information content (AvgIpc) is 2.61. The molecule has 1 heterocycles. The summed E-state index contributed by atoms with van der Waals surface area (Å²) in [5.74, 6) is -1.69. The van der Waals surface area contributed by atoms with Gasteiger partial charge < -0.3 is 15.3 Å². The van der Waals surface area contributed by atoms with Crippen LogP contribution < -0.4 is 5.32 Å². The van der Waals surface area contributed by atoms with Crippen molar-refractivity contribution in [3.63, 3.8) is 0 Å². The summed E-state index contributed by atoms with van der Waals surface area (Å²) in [4.78, 5) is 45.5. The predicted molar refractivity (Wildman–Crippen MR) is 65.3 cm³/mol. The van der Waals surface area contributed by atoms with E-state index in [1.54, 1.807) is 0 Å². The van der Waals surface area contributed by atoms with E-state index in [0.717, 1.165) is 0 Å². The van der Waals surface area contributed by atoms with Crippen LogP contribution in [0.3, 0.4) is 0 Å². The van der Waals surface area contributed by atoms with Gasteiger partial charge in [-0.1, -0.05) is 0 Å². The van der Waals surface area contributed by atoms with Gasteiger partial charge in [0.05, 0.1) is 13.0 Å². The van der Waals surface area contributed by atoms with Gasteiger partial charge in [-0.15, -0.1) is 0 Å². The van der Waals surface area contributed by atoms with Crippen LogP contribution in [-0.4, -0.2) is 52.7 Å². The van der Waals surface area contributed by atoms with Crippen LogP contribution in [0.2, 0.25) is 0 Å². The van der Waals surface area contributed by atoms with Crippen LogP contribution in [0.1, 0.15) is 32.6 Å². The van der Waals surface area contributed by atoms with Crippen molar-refractivity contribution >= 4 is 23.6 Å². The number of nitrogens with one attached hydrogen (secondary N) is 1. The van der Waals surface area contributed by atoms with Crippen LogP contribution in [-0.2, 0) is 19.2 Å². The maximum absolute atomic E-state index is 11.3. The fourth-order valence-electron chi connectivity index (χ4n) is 2.00. The fourth-order valence-corrected chi connectivity index (χ4v) is 2.00. The molecule has 0 spiro atoms. The average molecular weight is 270 g/mol. The van der Waals surface area contributed by atoms with Gasteiger partial charge >= 0.3 is 5.97 Å². The summed E-state index contributed by atoms with van der Waals surface area (Å²) in [6.45, 7) is 1.88. The number of rotatable bonds is 7. The second kappa shape index (κ2) is 6.86. The predicted octanol–water partition coefficient (Wildman–Crippen LogP) is -0.453. The maximum atomic E-state index is 11.3. The Balaban J connectivity index is 2.25. The summed E-state index contributed by atoms with van der Waals surface area (Å²) in [7, 11) is 0. The lowest BCUT2D eigenvalue weighted by molar-refractivity contribution is -0.141. The first-order valence-electron chi connectivity index (χ1n) is 6.19. The summed E-state index contributed by atoms with van der Waals surface area (Å²) in [6.07, 6.45) is 1.46. The first kappa shape index (κ1) is 15.1. The molecule has 0 radical (unpaired) electrons. The molecule has 1 rings (SSSR count). The Kier molecular flexibility index (Phi) is 5.47. The van der Waals surface area contributed by atoms with E-state index in [0.29, 0.717) is 25.8 Å². The third-order valence-corrected chi connectivity index (χ3v) is 2.91. The third kappa shape index (κ3) is 5.07. The van der Waals surface area contributed by atoms with Crippen molar-refractivity contribution in [1.29, 1.82) is 0 Å². The minimum Gasteiger partial charge on any atom is -0.480 e. The van der Waals surface area contributed by atoms with Crippen molar-refractivity contribution in [2.45, 2.75) is 38.6 Å². The smallest absolute Gasteiger partial charge is 0.326 e. The minimum atomic E-state index is -1.07. The SMILES string of the molecule is CC(=O)N[C@@H](CCCCN1CC(=O)CC1=O)C(=O)O. The van der Waals surface area contributed by atoms with Gasteiger partial charge in [-0.2, -0.15) is 0 Å².